The second-order valence-electron chi connectivity index (χ2n) is 13.5. The maximum atomic E-state index is 11.2. The maximum Gasteiger partial charge on any atom is 0.211 e. The number of anilines is 1. The molecule has 4 bridgehead atoms. The highest BCUT2D eigenvalue weighted by Gasteiger charge is 2.50. The van der Waals surface area contributed by atoms with Gasteiger partial charge in [0.1, 0.15) is 18.1 Å². The molecule has 0 saturated heterocycles. The molecule has 0 radical (unpaired) electrons. The third-order valence-corrected chi connectivity index (χ3v) is 10.0. The standard InChI is InChI=1S/C37H46N2O4/c1-26(38-23-35(41)32-10-11-36(34(19-32)39-25-40)43-24-27-6-3-2-4-7-27)14-28-8-5-9-33(18-28)42-13-12-37-20-29-15-30(21-37)17-31(16-29)22-37/h2-11,18-19,25-26,29-31,35,38,41H,12-17,20-24H2,1H3,(H,39,40)/t26-,29?,30?,31?,35+,37?/m1/s1. The molecule has 3 aromatic carbocycles. The summed E-state index contributed by atoms with van der Waals surface area (Å²) in [6.07, 6.45) is 10.7. The van der Waals surface area contributed by atoms with Gasteiger partial charge in [0.15, 0.2) is 0 Å². The molecule has 4 aliphatic rings. The molecule has 3 N–H and O–H groups in total. The molecule has 0 unspecified atom stereocenters. The van der Waals surface area contributed by atoms with Gasteiger partial charge in [-0.1, -0.05) is 48.5 Å². The van der Waals surface area contributed by atoms with Gasteiger partial charge in [0.05, 0.1) is 18.4 Å². The fourth-order valence-corrected chi connectivity index (χ4v) is 8.39. The third-order valence-electron chi connectivity index (χ3n) is 10.0. The Hall–Kier alpha value is -3.35. The maximum absolute atomic E-state index is 11.2. The van der Waals surface area contributed by atoms with E-state index in [9.17, 15) is 9.90 Å². The van der Waals surface area contributed by atoms with Gasteiger partial charge in [-0.15, -0.1) is 0 Å². The van der Waals surface area contributed by atoms with Crippen LogP contribution in [0.15, 0.2) is 72.8 Å². The third kappa shape index (κ3) is 7.60. The number of amides is 1. The Morgan fingerprint density at radius 1 is 0.907 bits per heavy atom. The van der Waals surface area contributed by atoms with E-state index in [1.54, 1.807) is 12.1 Å². The number of hydrogen-bond acceptors (Lipinski definition) is 5. The largest absolute Gasteiger partial charge is 0.494 e. The minimum absolute atomic E-state index is 0.165. The average molecular weight is 583 g/mol. The predicted molar refractivity (Wildman–Crippen MR) is 170 cm³/mol. The van der Waals surface area contributed by atoms with Gasteiger partial charge >= 0.3 is 0 Å². The number of rotatable bonds is 15. The molecular weight excluding hydrogens is 536 g/mol. The average Bonchev–Trinajstić information content (AvgIpc) is 2.99. The molecule has 4 aliphatic carbocycles. The molecule has 0 heterocycles. The molecule has 6 heteroatoms. The smallest absolute Gasteiger partial charge is 0.211 e. The highest BCUT2D eigenvalue weighted by molar-refractivity contribution is 5.76. The first kappa shape index (κ1) is 29.7. The number of carbonyl (C=O) groups excluding carboxylic acids is 1. The summed E-state index contributed by atoms with van der Waals surface area (Å²) in [4.78, 5) is 11.2. The van der Waals surface area contributed by atoms with Crippen molar-refractivity contribution in [2.45, 2.75) is 77.0 Å². The molecule has 0 spiro atoms. The second-order valence-corrected chi connectivity index (χ2v) is 13.5. The lowest BCUT2D eigenvalue weighted by molar-refractivity contribution is -0.105. The van der Waals surface area contributed by atoms with Crippen molar-refractivity contribution in [2.75, 3.05) is 18.5 Å². The summed E-state index contributed by atoms with van der Waals surface area (Å²) in [6, 6.07) is 23.9. The number of nitrogens with one attached hydrogen (secondary N) is 2. The zero-order chi connectivity index (χ0) is 29.6. The Bertz CT molecular complexity index is 1320. The fraction of sp³-hybridized carbons (Fsp3) is 0.486. The van der Waals surface area contributed by atoms with Gasteiger partial charge in [-0.2, -0.15) is 0 Å². The molecule has 0 aromatic heterocycles. The first-order valence-electron chi connectivity index (χ1n) is 16.1. The van der Waals surface area contributed by atoms with E-state index in [-0.39, 0.29) is 6.04 Å². The van der Waals surface area contributed by atoms with Crippen molar-refractivity contribution in [3.05, 3.63) is 89.5 Å². The second kappa shape index (κ2) is 13.5. The summed E-state index contributed by atoms with van der Waals surface area (Å²) in [5, 5.41) is 17.1. The van der Waals surface area contributed by atoms with E-state index in [0.717, 1.165) is 42.1 Å². The topological polar surface area (TPSA) is 79.8 Å². The zero-order valence-corrected chi connectivity index (χ0v) is 25.3. The SMILES string of the molecule is C[C@H](Cc1cccc(OCCC23CC4CC(CC(C4)C2)C3)c1)NC[C@H](O)c1ccc(OCc2ccccc2)c(NC=O)c1. The van der Waals surface area contributed by atoms with Gasteiger partial charge in [0.25, 0.3) is 0 Å². The lowest BCUT2D eigenvalue weighted by atomic mass is 9.49. The highest BCUT2D eigenvalue weighted by Crippen LogP contribution is 2.61. The zero-order valence-electron chi connectivity index (χ0n) is 25.3. The molecule has 228 valence electrons. The van der Waals surface area contributed by atoms with Crippen LogP contribution >= 0.6 is 0 Å². The van der Waals surface area contributed by atoms with Gasteiger partial charge in [-0.25, -0.2) is 0 Å². The van der Waals surface area contributed by atoms with Crippen molar-refractivity contribution in [1.82, 2.24) is 5.32 Å². The Kier molecular flexibility index (Phi) is 9.34. The van der Waals surface area contributed by atoms with Gasteiger partial charge < -0.3 is 25.2 Å². The van der Waals surface area contributed by atoms with Crippen molar-refractivity contribution in [3.8, 4) is 11.5 Å². The van der Waals surface area contributed by atoms with E-state index in [2.05, 4.69) is 41.8 Å². The summed E-state index contributed by atoms with van der Waals surface area (Å²) in [7, 11) is 0. The van der Waals surface area contributed by atoms with Crippen molar-refractivity contribution in [1.29, 1.82) is 0 Å². The van der Waals surface area contributed by atoms with Crippen LogP contribution in [-0.2, 0) is 17.8 Å². The molecule has 43 heavy (non-hydrogen) atoms. The van der Waals surface area contributed by atoms with Crippen molar-refractivity contribution in [3.63, 3.8) is 0 Å². The van der Waals surface area contributed by atoms with E-state index in [1.807, 2.05) is 36.4 Å². The Morgan fingerprint density at radius 3 is 2.35 bits per heavy atom. The fourth-order valence-electron chi connectivity index (χ4n) is 8.39. The molecule has 1 amide bonds. The number of ether oxygens (including phenoxy) is 2. The highest BCUT2D eigenvalue weighted by atomic mass is 16.5. The number of benzene rings is 3. The molecular formula is C37H46N2O4. The lowest BCUT2D eigenvalue weighted by Crippen LogP contribution is -2.46. The molecule has 4 saturated carbocycles. The van der Waals surface area contributed by atoms with Crippen LogP contribution in [0.5, 0.6) is 11.5 Å². The molecule has 4 fully saturated rings. The van der Waals surface area contributed by atoms with E-state index in [4.69, 9.17) is 9.47 Å². The monoisotopic (exact) mass is 582 g/mol. The Balaban J connectivity index is 0.969. The van der Waals surface area contributed by atoms with Crippen LogP contribution < -0.4 is 20.1 Å². The van der Waals surface area contributed by atoms with Crippen LogP contribution in [0.2, 0.25) is 0 Å². The quantitative estimate of drug-likeness (QED) is 0.167. The van der Waals surface area contributed by atoms with E-state index < -0.39 is 6.10 Å². The first-order valence-corrected chi connectivity index (χ1v) is 16.1. The summed E-state index contributed by atoms with van der Waals surface area (Å²) in [5.41, 5.74) is 4.06. The van der Waals surface area contributed by atoms with Crippen LogP contribution in [0.25, 0.3) is 0 Å². The van der Waals surface area contributed by atoms with E-state index >= 15 is 0 Å². The van der Waals surface area contributed by atoms with Crippen LogP contribution in [0.4, 0.5) is 5.69 Å². The van der Waals surface area contributed by atoms with E-state index in [0.29, 0.717) is 42.0 Å². The van der Waals surface area contributed by atoms with Crippen LogP contribution in [-0.4, -0.2) is 30.7 Å². The number of hydrogen-bond donors (Lipinski definition) is 3. The van der Waals surface area contributed by atoms with Crippen molar-refractivity contribution in [2.24, 2.45) is 23.2 Å². The lowest BCUT2D eigenvalue weighted by Gasteiger charge is -2.57. The van der Waals surface area contributed by atoms with E-state index in [1.165, 1.54) is 50.5 Å². The molecule has 0 aliphatic heterocycles. The molecule has 6 nitrogen and oxygen atoms in total. The number of carbonyl (C=O) groups is 1. The molecule has 2 atom stereocenters. The van der Waals surface area contributed by atoms with Gasteiger partial charge in [0.2, 0.25) is 6.41 Å². The van der Waals surface area contributed by atoms with Gasteiger partial charge in [-0.05, 0) is 122 Å². The minimum atomic E-state index is -0.725. The van der Waals surface area contributed by atoms with Gasteiger partial charge in [-0.3, -0.25) is 4.79 Å². The predicted octanol–water partition coefficient (Wildman–Crippen LogP) is 7.07. The van der Waals surface area contributed by atoms with Crippen LogP contribution in [0, 0.1) is 23.2 Å². The summed E-state index contributed by atoms with van der Waals surface area (Å²) >= 11 is 0. The van der Waals surface area contributed by atoms with Crippen molar-refractivity contribution < 1.29 is 19.4 Å². The minimum Gasteiger partial charge on any atom is -0.494 e. The first-order chi connectivity index (χ1) is 21.0. The molecule has 7 rings (SSSR count). The van der Waals surface area contributed by atoms with Crippen LogP contribution in [0.1, 0.15) is 74.7 Å². The number of aliphatic hydroxyl groups is 1. The summed E-state index contributed by atoms with van der Waals surface area (Å²) in [6.45, 7) is 3.73. The summed E-state index contributed by atoms with van der Waals surface area (Å²) < 4.78 is 12.2. The normalized spacial score (nSPS) is 25.2. The number of aliphatic hydroxyl groups excluding tert-OH is 1. The summed E-state index contributed by atoms with van der Waals surface area (Å²) in [5.74, 6) is 4.47. The van der Waals surface area contributed by atoms with Gasteiger partial charge in [0, 0.05) is 12.6 Å². The molecule has 3 aromatic rings. The Morgan fingerprint density at radius 2 is 1.63 bits per heavy atom. The van der Waals surface area contributed by atoms with Crippen LogP contribution in [0.3, 0.4) is 0 Å². The van der Waals surface area contributed by atoms with Crippen molar-refractivity contribution >= 4 is 12.1 Å². The Labute approximate surface area is 256 Å².